The van der Waals surface area contributed by atoms with Crippen molar-refractivity contribution in [2.24, 2.45) is 0 Å². The fraction of sp³-hybridized carbons (Fsp3) is 0.0526. The van der Waals surface area contributed by atoms with Crippen LogP contribution in [-0.2, 0) is 4.79 Å². The number of rotatable bonds is 6. The van der Waals surface area contributed by atoms with Gasteiger partial charge in [-0.15, -0.1) is 0 Å². The van der Waals surface area contributed by atoms with Crippen LogP contribution in [0.15, 0.2) is 66.8 Å². The van der Waals surface area contributed by atoms with Crippen LogP contribution < -0.4 is 4.74 Å². The Morgan fingerprint density at radius 2 is 1.68 bits per heavy atom. The predicted molar refractivity (Wildman–Crippen MR) is 93.4 cm³/mol. The molecule has 0 unspecified atom stereocenters. The highest BCUT2D eigenvalue weighted by molar-refractivity contribution is 6.06. The summed E-state index contributed by atoms with van der Waals surface area (Å²) < 4.78 is 5.05. The molecule has 0 fully saturated rings. The van der Waals surface area contributed by atoms with Crippen molar-refractivity contribution >= 4 is 23.5 Å². The normalized spacial score (nSPS) is 10.4. The quantitative estimate of drug-likeness (QED) is 0.199. The van der Waals surface area contributed by atoms with Crippen molar-refractivity contribution in [3.05, 3.63) is 88.0 Å². The highest BCUT2D eigenvalue weighted by Gasteiger charge is 2.07. The van der Waals surface area contributed by atoms with Crippen LogP contribution in [0.3, 0.4) is 0 Å². The third-order valence-corrected chi connectivity index (χ3v) is 3.23. The maximum atomic E-state index is 12.1. The molecule has 0 aliphatic carbocycles. The van der Waals surface area contributed by atoms with Gasteiger partial charge in [0.25, 0.3) is 5.69 Å². The second-order valence-corrected chi connectivity index (χ2v) is 5.24. The molecule has 0 radical (unpaired) electrons. The second-order valence-electron chi connectivity index (χ2n) is 5.24. The zero-order valence-corrected chi connectivity index (χ0v) is 13.5. The molecule has 6 nitrogen and oxygen atoms in total. The van der Waals surface area contributed by atoms with E-state index in [4.69, 9.17) is 4.74 Å². The molecule has 0 atom stereocenters. The van der Waals surface area contributed by atoms with Crippen LogP contribution in [0.5, 0.6) is 5.75 Å². The molecule has 2 rings (SSSR count). The third-order valence-electron chi connectivity index (χ3n) is 3.23. The van der Waals surface area contributed by atoms with Crippen LogP contribution in [0.1, 0.15) is 22.8 Å². The van der Waals surface area contributed by atoms with Crippen LogP contribution in [0.4, 0.5) is 5.69 Å². The Morgan fingerprint density at radius 3 is 2.20 bits per heavy atom. The lowest BCUT2D eigenvalue weighted by Crippen LogP contribution is -2.08. The summed E-state index contributed by atoms with van der Waals surface area (Å²) in [6.07, 6.45) is 2.94. The van der Waals surface area contributed by atoms with E-state index < -0.39 is 10.9 Å². The first-order valence-corrected chi connectivity index (χ1v) is 7.31. The van der Waals surface area contributed by atoms with Crippen molar-refractivity contribution < 1.29 is 19.2 Å². The van der Waals surface area contributed by atoms with Gasteiger partial charge in [0.2, 0.25) is 0 Å². The lowest BCUT2D eigenvalue weighted by molar-refractivity contribution is -0.384. The average molecular weight is 337 g/mol. The number of ketones is 1. The van der Waals surface area contributed by atoms with E-state index in [9.17, 15) is 19.7 Å². The number of allylic oxidation sites excluding steroid dienone is 1. The molecule has 0 saturated carbocycles. The second kappa shape index (κ2) is 7.83. The Morgan fingerprint density at radius 1 is 1.08 bits per heavy atom. The topological polar surface area (TPSA) is 86.5 Å². The number of non-ortho nitro benzene ring substituents is 1. The maximum absolute atomic E-state index is 12.1. The molecule has 0 aliphatic rings. The van der Waals surface area contributed by atoms with Crippen LogP contribution in [0.25, 0.3) is 6.08 Å². The van der Waals surface area contributed by atoms with Gasteiger partial charge < -0.3 is 4.74 Å². The number of hydrogen-bond donors (Lipinski definition) is 0. The number of nitro benzene ring substituents is 1. The minimum atomic E-state index is -0.530. The minimum absolute atomic E-state index is 0.0108. The molecule has 0 aromatic heterocycles. The van der Waals surface area contributed by atoms with E-state index >= 15 is 0 Å². The number of hydrogen-bond acceptors (Lipinski definition) is 5. The van der Waals surface area contributed by atoms with Gasteiger partial charge in [-0.2, -0.15) is 0 Å². The van der Waals surface area contributed by atoms with Crippen molar-refractivity contribution in [3.8, 4) is 5.75 Å². The van der Waals surface area contributed by atoms with Crippen molar-refractivity contribution in [1.29, 1.82) is 0 Å². The molecule has 25 heavy (non-hydrogen) atoms. The first-order valence-electron chi connectivity index (χ1n) is 7.31. The van der Waals surface area contributed by atoms with Crippen LogP contribution in [0.2, 0.25) is 0 Å². The zero-order chi connectivity index (χ0) is 18.4. The molecule has 0 bridgehead atoms. The number of carbonyl (C=O) groups is 2. The highest BCUT2D eigenvalue weighted by atomic mass is 16.6. The van der Waals surface area contributed by atoms with Gasteiger partial charge in [0, 0.05) is 23.3 Å². The van der Waals surface area contributed by atoms with E-state index in [0.29, 0.717) is 16.9 Å². The highest BCUT2D eigenvalue weighted by Crippen LogP contribution is 2.16. The average Bonchev–Trinajstić information content (AvgIpc) is 2.60. The van der Waals surface area contributed by atoms with E-state index in [0.717, 1.165) is 0 Å². The first-order chi connectivity index (χ1) is 11.9. The molecule has 0 aliphatic heterocycles. The van der Waals surface area contributed by atoms with Crippen LogP contribution in [0, 0.1) is 10.1 Å². The summed E-state index contributed by atoms with van der Waals surface area (Å²) in [5.74, 6) is -0.447. The monoisotopic (exact) mass is 337 g/mol. The van der Waals surface area contributed by atoms with Gasteiger partial charge in [0.15, 0.2) is 5.78 Å². The number of benzene rings is 2. The minimum Gasteiger partial charge on any atom is -0.423 e. The summed E-state index contributed by atoms with van der Waals surface area (Å²) in [6.45, 7) is 5.03. The van der Waals surface area contributed by atoms with E-state index in [-0.39, 0.29) is 17.0 Å². The third kappa shape index (κ3) is 4.97. The Kier molecular flexibility index (Phi) is 5.58. The lowest BCUT2D eigenvalue weighted by atomic mass is 10.1. The molecule has 2 aromatic carbocycles. The molecule has 6 heteroatoms. The number of carbonyl (C=O) groups excluding carboxylic acids is 2. The summed E-state index contributed by atoms with van der Waals surface area (Å²) in [6, 6.07) is 12.0. The molecule has 0 saturated heterocycles. The summed E-state index contributed by atoms with van der Waals surface area (Å²) in [7, 11) is 0. The van der Waals surface area contributed by atoms with E-state index in [2.05, 4.69) is 6.58 Å². The molecule has 2 aromatic rings. The van der Waals surface area contributed by atoms with Gasteiger partial charge in [0.1, 0.15) is 5.75 Å². The van der Waals surface area contributed by atoms with Crippen LogP contribution in [-0.4, -0.2) is 16.7 Å². The fourth-order valence-electron chi connectivity index (χ4n) is 1.86. The molecule has 0 spiro atoms. The van der Waals surface area contributed by atoms with Gasteiger partial charge >= 0.3 is 5.97 Å². The maximum Gasteiger partial charge on any atom is 0.338 e. The first kappa shape index (κ1) is 17.8. The Balaban J connectivity index is 2.03. The number of nitro groups is 1. The molecular formula is C19H15NO5. The summed E-state index contributed by atoms with van der Waals surface area (Å²) in [5.41, 5.74) is 1.37. The zero-order valence-electron chi connectivity index (χ0n) is 13.5. The number of ether oxygens (including phenoxy) is 1. The smallest absolute Gasteiger partial charge is 0.338 e. The molecule has 0 heterocycles. The van der Waals surface area contributed by atoms with E-state index in [1.54, 1.807) is 37.3 Å². The van der Waals surface area contributed by atoms with Crippen molar-refractivity contribution in [1.82, 2.24) is 0 Å². The van der Waals surface area contributed by atoms with Gasteiger partial charge in [-0.05, 0) is 55.0 Å². The molecule has 0 N–H and O–H groups in total. The van der Waals surface area contributed by atoms with Gasteiger partial charge in [-0.3, -0.25) is 14.9 Å². The Bertz CT molecular complexity index is 848. The van der Waals surface area contributed by atoms with Gasteiger partial charge in [-0.25, -0.2) is 4.79 Å². The summed E-state index contributed by atoms with van der Waals surface area (Å²) >= 11 is 0. The molecule has 0 amide bonds. The fourth-order valence-corrected chi connectivity index (χ4v) is 1.86. The van der Waals surface area contributed by atoms with Gasteiger partial charge in [-0.1, -0.05) is 12.7 Å². The van der Waals surface area contributed by atoms with Crippen LogP contribution >= 0.6 is 0 Å². The summed E-state index contributed by atoms with van der Waals surface area (Å²) in [4.78, 5) is 33.6. The van der Waals surface area contributed by atoms with E-state index in [1.165, 1.54) is 30.3 Å². The number of nitrogens with zero attached hydrogens (tertiary/aromatic N) is 1. The van der Waals surface area contributed by atoms with Crippen molar-refractivity contribution in [2.45, 2.75) is 6.92 Å². The Labute approximate surface area is 144 Å². The Hall–Kier alpha value is -3.54. The summed E-state index contributed by atoms with van der Waals surface area (Å²) in [5, 5.41) is 10.6. The van der Waals surface area contributed by atoms with E-state index in [1.807, 2.05) is 0 Å². The van der Waals surface area contributed by atoms with Crippen molar-refractivity contribution in [2.75, 3.05) is 0 Å². The van der Waals surface area contributed by atoms with Gasteiger partial charge in [0.05, 0.1) is 4.92 Å². The molecular weight excluding hydrogens is 322 g/mol. The molecule has 126 valence electrons. The van der Waals surface area contributed by atoms with Crippen molar-refractivity contribution in [3.63, 3.8) is 0 Å². The predicted octanol–water partition coefficient (Wildman–Crippen LogP) is 3.97. The largest absolute Gasteiger partial charge is 0.423 e. The number of esters is 1. The standard InChI is InChI=1S/C19H15NO5/c1-13(2)19(22)25-17-10-6-15(7-11-17)18(21)12-5-14-3-8-16(9-4-14)20(23)24/h3-12H,1H2,2H3/b12-5+. The lowest BCUT2D eigenvalue weighted by Gasteiger charge is -2.04. The SMILES string of the molecule is C=C(C)C(=O)Oc1ccc(C(=O)/C=C/c2ccc([N+](=O)[O-])cc2)cc1.